The Labute approximate surface area is 127 Å². The first-order chi connectivity index (χ1) is 10.2. The van der Waals surface area contributed by atoms with Crippen molar-refractivity contribution in [2.75, 3.05) is 11.9 Å². The zero-order valence-electron chi connectivity index (χ0n) is 11.2. The summed E-state index contributed by atoms with van der Waals surface area (Å²) >= 11 is 6.00. The maximum atomic E-state index is 11.4. The van der Waals surface area contributed by atoms with Crippen LogP contribution in [0.3, 0.4) is 0 Å². The molecule has 1 heterocycles. The van der Waals surface area contributed by atoms with Gasteiger partial charge in [-0.1, -0.05) is 35.9 Å². The molecule has 1 aliphatic heterocycles. The lowest BCUT2D eigenvalue weighted by Crippen LogP contribution is -2.21. The minimum Gasteiger partial charge on any atom is -0.493 e. The number of hydrogen-bond donors (Lipinski definition) is 2. The molecule has 0 fully saturated rings. The van der Waals surface area contributed by atoms with Crippen molar-refractivity contribution in [3.63, 3.8) is 0 Å². The molecular weight excluding hydrogens is 290 g/mol. The molecule has 3 rings (SSSR count). The summed E-state index contributed by atoms with van der Waals surface area (Å²) in [6, 6.07) is 12.8. The van der Waals surface area contributed by atoms with Crippen LogP contribution >= 0.6 is 11.6 Å². The average molecular weight is 304 g/mol. The molecule has 1 aliphatic rings. The van der Waals surface area contributed by atoms with Gasteiger partial charge in [0.25, 0.3) is 0 Å². The first-order valence-electron chi connectivity index (χ1n) is 6.67. The number of anilines is 1. The molecule has 2 aromatic rings. The number of carbonyl (C=O) groups is 1. The van der Waals surface area contributed by atoms with Gasteiger partial charge in [0, 0.05) is 12.0 Å². The van der Waals surface area contributed by atoms with E-state index in [9.17, 15) is 9.90 Å². The van der Waals surface area contributed by atoms with E-state index >= 15 is 0 Å². The number of carboxylic acids is 1. The number of nitrogens with one attached hydrogen (secondary N) is 1. The van der Waals surface area contributed by atoms with Gasteiger partial charge in [-0.3, -0.25) is 0 Å². The largest absolute Gasteiger partial charge is 0.493 e. The number of para-hydroxylation sites is 1. The predicted molar refractivity (Wildman–Crippen MR) is 81.3 cm³/mol. The summed E-state index contributed by atoms with van der Waals surface area (Å²) in [6.07, 6.45) is 0.766. The van der Waals surface area contributed by atoms with Gasteiger partial charge in [0.2, 0.25) is 0 Å². The third-order valence-corrected chi connectivity index (χ3v) is 3.83. The summed E-state index contributed by atoms with van der Waals surface area (Å²) in [6.45, 7) is 0.595. The molecule has 2 N–H and O–H groups in total. The second-order valence-corrected chi connectivity index (χ2v) is 5.25. The summed E-state index contributed by atoms with van der Waals surface area (Å²) in [5, 5.41) is 12.8. The molecule has 0 aliphatic carbocycles. The molecule has 0 saturated carbocycles. The monoisotopic (exact) mass is 303 g/mol. The van der Waals surface area contributed by atoms with Gasteiger partial charge in [0.15, 0.2) is 0 Å². The van der Waals surface area contributed by atoms with Gasteiger partial charge in [0.1, 0.15) is 11.3 Å². The number of carboxylic acid groups (broad SMARTS) is 1. The fourth-order valence-corrected chi connectivity index (χ4v) is 2.80. The van der Waals surface area contributed by atoms with Gasteiger partial charge < -0.3 is 15.2 Å². The van der Waals surface area contributed by atoms with Crippen LogP contribution in [0.25, 0.3) is 0 Å². The average Bonchev–Trinajstić information content (AvgIpc) is 2.47. The molecular formula is C16H14ClNO3. The molecule has 0 aromatic heterocycles. The van der Waals surface area contributed by atoms with Crippen LogP contribution in [0.4, 0.5) is 5.69 Å². The first-order valence-corrected chi connectivity index (χ1v) is 7.04. The number of rotatable bonds is 3. The highest BCUT2D eigenvalue weighted by atomic mass is 35.5. The summed E-state index contributed by atoms with van der Waals surface area (Å²) in [7, 11) is 0. The molecule has 2 aromatic carbocycles. The smallest absolute Gasteiger partial charge is 0.339 e. The number of ether oxygens (including phenoxy) is 1. The van der Waals surface area contributed by atoms with Crippen LogP contribution in [0, 0.1) is 0 Å². The Bertz CT molecular complexity index is 687. The summed E-state index contributed by atoms with van der Waals surface area (Å²) < 4.78 is 5.61. The summed E-state index contributed by atoms with van der Waals surface area (Å²) in [5.74, 6) is -0.205. The molecule has 108 valence electrons. The van der Waals surface area contributed by atoms with Crippen molar-refractivity contribution in [1.29, 1.82) is 0 Å². The van der Waals surface area contributed by atoms with Gasteiger partial charge in [-0.15, -0.1) is 0 Å². The molecule has 21 heavy (non-hydrogen) atoms. The third kappa shape index (κ3) is 2.67. The zero-order chi connectivity index (χ0) is 14.8. The fourth-order valence-electron chi connectivity index (χ4n) is 2.54. The van der Waals surface area contributed by atoms with Crippen molar-refractivity contribution in [2.45, 2.75) is 12.5 Å². The second kappa shape index (κ2) is 5.66. The number of halogens is 1. The van der Waals surface area contributed by atoms with Crippen LogP contribution in [0.5, 0.6) is 5.75 Å². The standard InChI is InChI=1S/C16H14ClNO3/c17-11-5-3-6-13(15(11)16(19)20)18-12-8-9-21-14-7-2-1-4-10(12)14/h1-7,12,18H,8-9H2,(H,19,20). The maximum Gasteiger partial charge on any atom is 0.339 e. The van der Waals surface area contributed by atoms with E-state index in [1.54, 1.807) is 18.2 Å². The van der Waals surface area contributed by atoms with Gasteiger partial charge in [0.05, 0.1) is 23.4 Å². The number of aromatic carboxylic acids is 1. The lowest BCUT2D eigenvalue weighted by Gasteiger charge is -2.28. The molecule has 0 saturated heterocycles. The van der Waals surface area contributed by atoms with E-state index in [2.05, 4.69) is 5.32 Å². The Morgan fingerprint density at radius 2 is 2.05 bits per heavy atom. The van der Waals surface area contributed by atoms with Crippen molar-refractivity contribution >= 4 is 23.3 Å². The van der Waals surface area contributed by atoms with Gasteiger partial charge >= 0.3 is 5.97 Å². The predicted octanol–water partition coefficient (Wildman–Crippen LogP) is 3.97. The van der Waals surface area contributed by atoms with E-state index < -0.39 is 5.97 Å². The Hall–Kier alpha value is -2.20. The highest BCUT2D eigenvalue weighted by Gasteiger charge is 2.23. The normalized spacial score (nSPS) is 16.7. The highest BCUT2D eigenvalue weighted by Crippen LogP contribution is 2.35. The number of benzene rings is 2. The van der Waals surface area contributed by atoms with Gasteiger partial charge in [-0.05, 0) is 18.2 Å². The summed E-state index contributed by atoms with van der Waals surface area (Å²) in [4.78, 5) is 11.4. The zero-order valence-corrected chi connectivity index (χ0v) is 11.9. The molecule has 1 unspecified atom stereocenters. The van der Waals surface area contributed by atoms with E-state index in [1.807, 2.05) is 24.3 Å². The lowest BCUT2D eigenvalue weighted by molar-refractivity contribution is 0.0698. The molecule has 1 atom stereocenters. The van der Waals surface area contributed by atoms with Crippen LogP contribution in [0.15, 0.2) is 42.5 Å². The maximum absolute atomic E-state index is 11.4. The molecule has 0 radical (unpaired) electrons. The van der Waals surface area contributed by atoms with Crippen molar-refractivity contribution in [1.82, 2.24) is 0 Å². The van der Waals surface area contributed by atoms with Crippen molar-refractivity contribution in [3.05, 3.63) is 58.6 Å². The minimum absolute atomic E-state index is 0.00603. The van der Waals surface area contributed by atoms with Crippen LogP contribution in [0.1, 0.15) is 28.4 Å². The molecule has 4 nitrogen and oxygen atoms in total. The Morgan fingerprint density at radius 1 is 1.24 bits per heavy atom. The SMILES string of the molecule is O=C(O)c1c(Cl)cccc1NC1CCOc2ccccc21. The third-order valence-electron chi connectivity index (χ3n) is 3.52. The summed E-state index contributed by atoms with van der Waals surface area (Å²) in [5.41, 5.74) is 1.65. The Kier molecular flexibility index (Phi) is 3.71. The van der Waals surface area contributed by atoms with E-state index in [4.69, 9.17) is 16.3 Å². The Balaban J connectivity index is 1.96. The molecule has 5 heteroatoms. The van der Waals surface area contributed by atoms with Gasteiger partial charge in [-0.25, -0.2) is 4.79 Å². The van der Waals surface area contributed by atoms with Crippen molar-refractivity contribution in [2.24, 2.45) is 0 Å². The van der Waals surface area contributed by atoms with Crippen LogP contribution in [-0.4, -0.2) is 17.7 Å². The molecule has 0 amide bonds. The quantitative estimate of drug-likeness (QED) is 0.900. The van der Waals surface area contributed by atoms with Crippen LogP contribution in [-0.2, 0) is 0 Å². The van der Waals surface area contributed by atoms with E-state index in [-0.39, 0.29) is 16.6 Å². The minimum atomic E-state index is -1.04. The lowest BCUT2D eigenvalue weighted by atomic mass is 9.99. The number of fused-ring (bicyclic) bond motifs is 1. The van der Waals surface area contributed by atoms with Gasteiger partial charge in [-0.2, -0.15) is 0 Å². The Morgan fingerprint density at radius 3 is 2.86 bits per heavy atom. The van der Waals surface area contributed by atoms with E-state index in [0.717, 1.165) is 17.7 Å². The molecule has 0 bridgehead atoms. The van der Waals surface area contributed by atoms with Crippen molar-refractivity contribution < 1.29 is 14.6 Å². The first kappa shape index (κ1) is 13.8. The number of hydrogen-bond acceptors (Lipinski definition) is 3. The van der Waals surface area contributed by atoms with Crippen molar-refractivity contribution in [3.8, 4) is 5.75 Å². The van der Waals surface area contributed by atoms with Crippen LogP contribution < -0.4 is 10.1 Å². The highest BCUT2D eigenvalue weighted by molar-refractivity contribution is 6.34. The van der Waals surface area contributed by atoms with E-state index in [0.29, 0.717) is 12.3 Å². The second-order valence-electron chi connectivity index (χ2n) is 4.84. The van der Waals surface area contributed by atoms with Crippen LogP contribution in [0.2, 0.25) is 5.02 Å². The molecule has 0 spiro atoms. The topological polar surface area (TPSA) is 58.6 Å². The fraction of sp³-hybridized carbons (Fsp3) is 0.188. The van der Waals surface area contributed by atoms with E-state index in [1.165, 1.54) is 0 Å².